The van der Waals surface area contributed by atoms with Gasteiger partial charge in [0.25, 0.3) is 0 Å². The zero-order chi connectivity index (χ0) is 18.6. The van der Waals surface area contributed by atoms with Crippen molar-refractivity contribution in [1.29, 1.82) is 0 Å². The van der Waals surface area contributed by atoms with E-state index in [0.717, 1.165) is 41.8 Å². The lowest BCUT2D eigenvalue weighted by atomic mass is 9.96. The van der Waals surface area contributed by atoms with Crippen LogP contribution in [0.2, 0.25) is 0 Å². The summed E-state index contributed by atoms with van der Waals surface area (Å²) in [5.41, 5.74) is 0.897. The second-order valence-corrected chi connectivity index (χ2v) is 7.50. The minimum Gasteiger partial charge on any atom is -0.352 e. The fourth-order valence-electron chi connectivity index (χ4n) is 3.17. The van der Waals surface area contributed by atoms with Crippen molar-refractivity contribution in [3.05, 3.63) is 60.2 Å². The van der Waals surface area contributed by atoms with Crippen molar-refractivity contribution in [1.82, 2.24) is 20.1 Å². The van der Waals surface area contributed by atoms with E-state index in [9.17, 15) is 9.18 Å². The molecule has 1 saturated heterocycles. The summed E-state index contributed by atoms with van der Waals surface area (Å²) >= 11 is 1.55. The summed E-state index contributed by atoms with van der Waals surface area (Å²) in [6.45, 7) is 2.00. The number of halogens is 1. The lowest BCUT2D eigenvalue weighted by molar-refractivity contribution is -0.125. The Balaban J connectivity index is 1.28. The van der Waals surface area contributed by atoms with Gasteiger partial charge >= 0.3 is 0 Å². The largest absolute Gasteiger partial charge is 0.352 e. The van der Waals surface area contributed by atoms with Crippen molar-refractivity contribution in [2.24, 2.45) is 5.92 Å². The van der Waals surface area contributed by atoms with Gasteiger partial charge in [0.2, 0.25) is 16.2 Å². The molecule has 2 aromatic heterocycles. The zero-order valence-electron chi connectivity index (χ0n) is 14.7. The van der Waals surface area contributed by atoms with E-state index in [1.54, 1.807) is 23.5 Å². The van der Waals surface area contributed by atoms with Gasteiger partial charge in [-0.05, 0) is 42.7 Å². The minimum absolute atomic E-state index is 0.00135. The molecule has 6 nitrogen and oxygen atoms in total. The van der Waals surface area contributed by atoms with Crippen LogP contribution in [-0.2, 0) is 11.3 Å². The van der Waals surface area contributed by atoms with Crippen LogP contribution < -0.4 is 10.2 Å². The summed E-state index contributed by atoms with van der Waals surface area (Å²) in [5.74, 6) is -0.211. The molecule has 0 spiro atoms. The third-order valence-electron chi connectivity index (χ3n) is 4.75. The van der Waals surface area contributed by atoms with Crippen LogP contribution in [0.15, 0.2) is 48.8 Å². The summed E-state index contributed by atoms with van der Waals surface area (Å²) < 4.78 is 14.9. The Morgan fingerprint density at radius 3 is 2.48 bits per heavy atom. The van der Waals surface area contributed by atoms with Crippen LogP contribution in [-0.4, -0.2) is 33.8 Å². The predicted molar refractivity (Wildman–Crippen MR) is 102 cm³/mol. The average molecular weight is 385 g/mol. The normalized spacial score (nSPS) is 15.1. The van der Waals surface area contributed by atoms with Crippen LogP contribution in [0.25, 0.3) is 5.13 Å². The zero-order valence-corrected chi connectivity index (χ0v) is 15.5. The number of carbonyl (C=O) groups is 1. The Kier molecular flexibility index (Phi) is 5.15. The summed E-state index contributed by atoms with van der Waals surface area (Å²) in [7, 11) is 0. The van der Waals surface area contributed by atoms with Gasteiger partial charge in [0, 0.05) is 37.9 Å². The minimum atomic E-state index is -0.269. The molecule has 1 amide bonds. The van der Waals surface area contributed by atoms with Gasteiger partial charge in [-0.1, -0.05) is 23.5 Å². The van der Waals surface area contributed by atoms with E-state index in [4.69, 9.17) is 0 Å². The third-order valence-corrected chi connectivity index (χ3v) is 5.74. The Morgan fingerprint density at radius 2 is 1.78 bits per heavy atom. The van der Waals surface area contributed by atoms with Crippen molar-refractivity contribution in [2.75, 3.05) is 18.0 Å². The number of anilines is 1. The highest BCUT2D eigenvalue weighted by atomic mass is 32.1. The number of hydrogen-bond donors (Lipinski definition) is 1. The molecule has 0 radical (unpaired) electrons. The maximum Gasteiger partial charge on any atom is 0.223 e. The van der Waals surface area contributed by atoms with Crippen molar-refractivity contribution in [3.63, 3.8) is 0 Å². The molecule has 3 aromatic rings. The van der Waals surface area contributed by atoms with E-state index >= 15 is 0 Å². The monoisotopic (exact) mass is 385 g/mol. The van der Waals surface area contributed by atoms with Crippen molar-refractivity contribution in [2.45, 2.75) is 19.4 Å². The first kappa shape index (κ1) is 17.7. The first-order valence-corrected chi connectivity index (χ1v) is 9.74. The van der Waals surface area contributed by atoms with E-state index in [1.165, 1.54) is 12.1 Å². The number of rotatable bonds is 5. The fraction of sp³-hybridized carbons (Fsp3) is 0.316. The second-order valence-electron chi connectivity index (χ2n) is 6.56. The molecule has 1 aromatic carbocycles. The standard InChI is InChI=1S/C19H20FN5OS/c20-16-5-3-14(4-6-16)13-21-17(26)15-7-11-25(12-8-15)19-23-22-18(27-19)24-9-1-2-10-24/h1-6,9-10,15H,7-8,11-13H2,(H,21,26). The van der Waals surface area contributed by atoms with Crippen LogP contribution in [0.3, 0.4) is 0 Å². The topological polar surface area (TPSA) is 63.1 Å². The maximum absolute atomic E-state index is 12.9. The van der Waals surface area contributed by atoms with Gasteiger partial charge in [0.05, 0.1) is 0 Å². The van der Waals surface area contributed by atoms with Gasteiger partial charge in [0.1, 0.15) is 5.82 Å². The smallest absolute Gasteiger partial charge is 0.223 e. The van der Waals surface area contributed by atoms with Crippen molar-refractivity contribution < 1.29 is 9.18 Å². The molecule has 0 saturated carbocycles. The molecule has 140 valence electrons. The molecule has 1 aliphatic heterocycles. The van der Waals surface area contributed by atoms with Crippen LogP contribution in [0.1, 0.15) is 18.4 Å². The highest BCUT2D eigenvalue weighted by molar-refractivity contribution is 7.17. The number of piperidine rings is 1. The predicted octanol–water partition coefficient (Wildman–Crippen LogP) is 3.00. The summed E-state index contributed by atoms with van der Waals surface area (Å²) in [6.07, 6.45) is 5.46. The molecular weight excluding hydrogens is 365 g/mol. The first-order valence-electron chi connectivity index (χ1n) is 8.93. The second kappa shape index (κ2) is 7.87. The number of carbonyl (C=O) groups excluding carboxylic acids is 1. The number of hydrogen-bond acceptors (Lipinski definition) is 5. The van der Waals surface area contributed by atoms with Crippen LogP contribution in [0.4, 0.5) is 9.52 Å². The molecule has 1 N–H and O–H groups in total. The Hall–Kier alpha value is -2.74. The fourth-order valence-corrected chi connectivity index (χ4v) is 4.04. The first-order chi connectivity index (χ1) is 13.2. The molecule has 0 unspecified atom stereocenters. The van der Waals surface area contributed by atoms with Gasteiger partial charge in [-0.15, -0.1) is 10.2 Å². The van der Waals surface area contributed by atoms with Gasteiger partial charge < -0.3 is 10.2 Å². The molecule has 3 heterocycles. The third kappa shape index (κ3) is 4.16. The van der Waals surface area contributed by atoms with E-state index in [0.29, 0.717) is 6.54 Å². The maximum atomic E-state index is 12.9. The quantitative estimate of drug-likeness (QED) is 0.733. The summed E-state index contributed by atoms with van der Waals surface area (Å²) in [5, 5.41) is 13.2. The Bertz CT molecular complexity index is 885. The van der Waals surface area contributed by atoms with E-state index < -0.39 is 0 Å². The van der Waals surface area contributed by atoms with Gasteiger partial charge in [-0.2, -0.15) is 0 Å². The SMILES string of the molecule is O=C(NCc1ccc(F)cc1)C1CCN(c2nnc(-n3cccc3)s2)CC1. The summed E-state index contributed by atoms with van der Waals surface area (Å²) in [4.78, 5) is 14.6. The number of benzene rings is 1. The summed E-state index contributed by atoms with van der Waals surface area (Å²) in [6, 6.07) is 10.1. The lowest BCUT2D eigenvalue weighted by Gasteiger charge is -2.30. The van der Waals surface area contributed by atoms with E-state index in [2.05, 4.69) is 20.4 Å². The van der Waals surface area contributed by atoms with Gasteiger partial charge in [-0.3, -0.25) is 9.36 Å². The van der Waals surface area contributed by atoms with Crippen LogP contribution in [0.5, 0.6) is 0 Å². The molecule has 4 rings (SSSR count). The molecule has 27 heavy (non-hydrogen) atoms. The molecule has 1 aliphatic rings. The number of aromatic nitrogens is 3. The molecule has 0 bridgehead atoms. The number of amides is 1. The Labute approximate surface area is 160 Å². The molecule has 0 aliphatic carbocycles. The lowest BCUT2D eigenvalue weighted by Crippen LogP contribution is -2.40. The number of nitrogens with zero attached hydrogens (tertiary/aromatic N) is 4. The highest BCUT2D eigenvalue weighted by Gasteiger charge is 2.26. The van der Waals surface area contributed by atoms with Crippen molar-refractivity contribution in [3.8, 4) is 5.13 Å². The number of nitrogens with one attached hydrogen (secondary N) is 1. The molecule has 8 heteroatoms. The molecular formula is C19H20FN5OS. The van der Waals surface area contributed by atoms with Gasteiger partial charge in [-0.25, -0.2) is 4.39 Å². The molecule has 0 atom stereocenters. The average Bonchev–Trinajstić information content (AvgIpc) is 3.39. The van der Waals surface area contributed by atoms with Crippen LogP contribution in [0, 0.1) is 11.7 Å². The van der Waals surface area contributed by atoms with Crippen LogP contribution >= 0.6 is 11.3 Å². The van der Waals surface area contributed by atoms with E-state index in [1.807, 2.05) is 29.1 Å². The highest BCUT2D eigenvalue weighted by Crippen LogP contribution is 2.27. The Morgan fingerprint density at radius 1 is 1.11 bits per heavy atom. The van der Waals surface area contributed by atoms with E-state index in [-0.39, 0.29) is 17.6 Å². The van der Waals surface area contributed by atoms with Gasteiger partial charge in [0.15, 0.2) is 0 Å². The molecule has 1 fully saturated rings. The van der Waals surface area contributed by atoms with Crippen molar-refractivity contribution >= 4 is 22.4 Å².